The molecule has 0 fully saturated rings. The molecule has 4 heteroatoms. The summed E-state index contributed by atoms with van der Waals surface area (Å²) in [6.07, 6.45) is 0. The molecule has 0 saturated heterocycles. The van der Waals surface area contributed by atoms with Crippen molar-refractivity contribution in [2.45, 2.75) is 26.4 Å². The van der Waals surface area contributed by atoms with Crippen LogP contribution in [0.1, 0.15) is 19.4 Å². The molecular formula is C14H23ClN2O. The number of nitrogens with one attached hydrogen (secondary N) is 1. The van der Waals surface area contributed by atoms with Gasteiger partial charge in [0.25, 0.3) is 0 Å². The van der Waals surface area contributed by atoms with Gasteiger partial charge in [0, 0.05) is 29.7 Å². The lowest BCUT2D eigenvalue weighted by Crippen LogP contribution is -2.23. The Morgan fingerprint density at radius 1 is 1.33 bits per heavy atom. The second-order valence-electron chi connectivity index (χ2n) is 4.94. The number of halogens is 1. The molecule has 1 aromatic carbocycles. The minimum absolute atomic E-state index is 0.443. The summed E-state index contributed by atoms with van der Waals surface area (Å²) in [5.74, 6) is 0.911. The van der Waals surface area contributed by atoms with E-state index in [1.165, 1.54) is 0 Å². The molecule has 0 amide bonds. The van der Waals surface area contributed by atoms with Crippen molar-refractivity contribution in [3.8, 4) is 5.75 Å². The van der Waals surface area contributed by atoms with Crippen molar-refractivity contribution >= 4 is 11.6 Å². The molecule has 1 N–H and O–H groups in total. The van der Waals surface area contributed by atoms with Gasteiger partial charge in [0.15, 0.2) is 0 Å². The molecule has 102 valence electrons. The van der Waals surface area contributed by atoms with E-state index in [1.54, 1.807) is 0 Å². The Bertz CT molecular complexity index is 367. The lowest BCUT2D eigenvalue weighted by molar-refractivity contribution is 0.259. The first-order valence-electron chi connectivity index (χ1n) is 6.28. The van der Waals surface area contributed by atoms with Crippen molar-refractivity contribution in [1.82, 2.24) is 10.2 Å². The monoisotopic (exact) mass is 270 g/mol. The Morgan fingerprint density at radius 2 is 2.06 bits per heavy atom. The number of likely N-dealkylation sites (N-methyl/N-ethyl adjacent to an activating group) is 1. The molecule has 0 aliphatic rings. The van der Waals surface area contributed by atoms with Gasteiger partial charge in [0.2, 0.25) is 0 Å². The topological polar surface area (TPSA) is 24.5 Å². The van der Waals surface area contributed by atoms with Crippen LogP contribution in [-0.2, 0) is 6.54 Å². The molecule has 0 spiro atoms. The van der Waals surface area contributed by atoms with Crippen LogP contribution in [0.2, 0.25) is 5.02 Å². The predicted octanol–water partition coefficient (Wildman–Crippen LogP) is 2.78. The zero-order valence-corrected chi connectivity index (χ0v) is 12.4. The number of rotatable bonds is 7. The zero-order chi connectivity index (χ0) is 13.5. The summed E-state index contributed by atoms with van der Waals surface area (Å²) >= 11 is 6.03. The molecule has 0 saturated carbocycles. The summed E-state index contributed by atoms with van der Waals surface area (Å²) in [7, 11) is 4.07. The Balaban J connectivity index is 2.64. The summed E-state index contributed by atoms with van der Waals surface area (Å²) in [5, 5.41) is 4.13. The number of nitrogens with zero attached hydrogens (tertiary/aromatic N) is 1. The third-order valence-corrected chi connectivity index (χ3v) is 2.75. The minimum atomic E-state index is 0.443. The van der Waals surface area contributed by atoms with Crippen LogP contribution in [0.15, 0.2) is 18.2 Å². The number of hydrogen-bond donors (Lipinski definition) is 1. The molecule has 0 bridgehead atoms. The van der Waals surface area contributed by atoms with Gasteiger partial charge in [-0.2, -0.15) is 0 Å². The van der Waals surface area contributed by atoms with Crippen LogP contribution in [0.4, 0.5) is 0 Å². The van der Waals surface area contributed by atoms with E-state index < -0.39 is 0 Å². The molecule has 1 rings (SSSR count). The number of benzene rings is 1. The molecule has 0 aliphatic carbocycles. The Kier molecular flexibility index (Phi) is 6.47. The maximum Gasteiger partial charge on any atom is 0.123 e. The predicted molar refractivity (Wildman–Crippen MR) is 77.5 cm³/mol. The Labute approximate surface area is 115 Å². The Morgan fingerprint density at radius 3 is 2.67 bits per heavy atom. The van der Waals surface area contributed by atoms with Crippen LogP contribution in [0, 0.1) is 0 Å². The van der Waals surface area contributed by atoms with Crippen molar-refractivity contribution in [3.05, 3.63) is 28.8 Å². The van der Waals surface area contributed by atoms with Gasteiger partial charge in [-0.15, -0.1) is 0 Å². The van der Waals surface area contributed by atoms with Gasteiger partial charge < -0.3 is 15.0 Å². The fourth-order valence-corrected chi connectivity index (χ4v) is 1.67. The van der Waals surface area contributed by atoms with E-state index in [4.69, 9.17) is 16.3 Å². The maximum atomic E-state index is 6.03. The number of ether oxygens (including phenoxy) is 1. The van der Waals surface area contributed by atoms with Gasteiger partial charge >= 0.3 is 0 Å². The summed E-state index contributed by atoms with van der Waals surface area (Å²) in [6, 6.07) is 6.21. The third-order valence-electron chi connectivity index (χ3n) is 2.52. The van der Waals surface area contributed by atoms with E-state index in [9.17, 15) is 0 Å². The average Bonchev–Trinajstić information content (AvgIpc) is 2.28. The first-order valence-corrected chi connectivity index (χ1v) is 6.66. The summed E-state index contributed by atoms with van der Waals surface area (Å²) in [6.45, 7) is 6.60. The van der Waals surface area contributed by atoms with E-state index in [0.717, 1.165) is 29.4 Å². The molecule has 0 heterocycles. The molecule has 0 aliphatic heterocycles. The minimum Gasteiger partial charge on any atom is -0.492 e. The summed E-state index contributed by atoms with van der Waals surface area (Å²) in [5.41, 5.74) is 1.11. The van der Waals surface area contributed by atoms with Gasteiger partial charge in [0.05, 0.1) is 0 Å². The van der Waals surface area contributed by atoms with Crippen LogP contribution in [0.5, 0.6) is 5.75 Å². The maximum absolute atomic E-state index is 6.03. The second-order valence-corrected chi connectivity index (χ2v) is 5.38. The number of hydrogen-bond acceptors (Lipinski definition) is 3. The van der Waals surface area contributed by atoms with Crippen LogP contribution < -0.4 is 10.1 Å². The molecule has 0 unspecified atom stereocenters. The highest BCUT2D eigenvalue weighted by Crippen LogP contribution is 2.23. The Hall–Kier alpha value is -0.770. The smallest absolute Gasteiger partial charge is 0.123 e. The quantitative estimate of drug-likeness (QED) is 0.825. The lowest BCUT2D eigenvalue weighted by atomic mass is 10.2. The largest absolute Gasteiger partial charge is 0.492 e. The zero-order valence-electron chi connectivity index (χ0n) is 11.7. The highest BCUT2D eigenvalue weighted by atomic mass is 35.5. The van der Waals surface area contributed by atoms with E-state index in [0.29, 0.717) is 12.6 Å². The van der Waals surface area contributed by atoms with Crippen LogP contribution in [-0.4, -0.2) is 38.2 Å². The highest BCUT2D eigenvalue weighted by molar-refractivity contribution is 6.30. The summed E-state index contributed by atoms with van der Waals surface area (Å²) < 4.78 is 5.79. The SMILES string of the molecule is CC(C)NCc1cc(Cl)ccc1OCCN(C)C. The normalized spacial score (nSPS) is 11.3. The van der Waals surface area contributed by atoms with E-state index in [2.05, 4.69) is 24.1 Å². The average molecular weight is 271 g/mol. The first kappa shape index (κ1) is 15.3. The van der Waals surface area contributed by atoms with Gasteiger partial charge in [-0.05, 0) is 32.3 Å². The van der Waals surface area contributed by atoms with Crippen LogP contribution in [0.3, 0.4) is 0 Å². The molecule has 0 atom stereocenters. The summed E-state index contributed by atoms with van der Waals surface area (Å²) in [4.78, 5) is 2.10. The molecule has 3 nitrogen and oxygen atoms in total. The molecule has 1 aromatic rings. The van der Waals surface area contributed by atoms with E-state index >= 15 is 0 Å². The molecule has 0 aromatic heterocycles. The molecule has 18 heavy (non-hydrogen) atoms. The van der Waals surface area contributed by atoms with E-state index in [-0.39, 0.29) is 0 Å². The van der Waals surface area contributed by atoms with Crippen molar-refractivity contribution in [3.63, 3.8) is 0 Å². The lowest BCUT2D eigenvalue weighted by Gasteiger charge is -2.15. The third kappa shape index (κ3) is 5.71. The molecule has 0 radical (unpaired) electrons. The standard InChI is InChI=1S/C14H23ClN2O/c1-11(2)16-10-12-9-13(15)5-6-14(12)18-8-7-17(3)4/h5-6,9,11,16H,7-8,10H2,1-4H3. The molecular weight excluding hydrogens is 248 g/mol. The van der Waals surface area contributed by atoms with Gasteiger partial charge in [-0.25, -0.2) is 0 Å². The fraction of sp³-hybridized carbons (Fsp3) is 0.571. The highest BCUT2D eigenvalue weighted by Gasteiger charge is 2.06. The van der Waals surface area contributed by atoms with Crippen molar-refractivity contribution in [2.24, 2.45) is 0 Å². The van der Waals surface area contributed by atoms with Crippen molar-refractivity contribution < 1.29 is 4.74 Å². The van der Waals surface area contributed by atoms with Crippen molar-refractivity contribution in [1.29, 1.82) is 0 Å². The van der Waals surface area contributed by atoms with Crippen LogP contribution >= 0.6 is 11.6 Å². The second kappa shape index (κ2) is 7.62. The van der Waals surface area contributed by atoms with Gasteiger partial charge in [-0.1, -0.05) is 25.4 Å². The van der Waals surface area contributed by atoms with Gasteiger partial charge in [-0.3, -0.25) is 0 Å². The fourth-order valence-electron chi connectivity index (χ4n) is 1.48. The first-order chi connectivity index (χ1) is 8.49. The van der Waals surface area contributed by atoms with Crippen molar-refractivity contribution in [2.75, 3.05) is 27.2 Å². The van der Waals surface area contributed by atoms with Crippen LogP contribution in [0.25, 0.3) is 0 Å². The van der Waals surface area contributed by atoms with E-state index in [1.807, 2.05) is 32.3 Å². The van der Waals surface area contributed by atoms with Gasteiger partial charge in [0.1, 0.15) is 12.4 Å².